The summed E-state index contributed by atoms with van der Waals surface area (Å²) in [5.74, 6) is -3.00. The minimum absolute atomic E-state index is 0.0641. The number of carbonyl (C=O) groups is 3. The van der Waals surface area contributed by atoms with Crippen molar-refractivity contribution < 1.29 is 33.9 Å². The Labute approximate surface area is 230 Å². The van der Waals surface area contributed by atoms with Gasteiger partial charge in [0.25, 0.3) is 11.8 Å². The molecule has 2 aromatic rings. The number of hydrogen-bond donors (Lipinski definition) is 4. The van der Waals surface area contributed by atoms with Gasteiger partial charge in [-0.05, 0) is 0 Å². The number of rotatable bonds is 10. The minimum atomic E-state index is -1.49. The molecule has 0 aromatic carbocycles. The number of H-pyrrole nitrogens is 1. The van der Waals surface area contributed by atoms with E-state index in [9.17, 15) is 29.4 Å². The number of anilines is 1. The Morgan fingerprint density at radius 1 is 1.41 bits per heavy atom. The van der Waals surface area contributed by atoms with Crippen LogP contribution >= 0.6 is 23.3 Å². The molecule has 2 aromatic heterocycles. The third kappa shape index (κ3) is 5.89. The van der Waals surface area contributed by atoms with Crippen LogP contribution in [0.15, 0.2) is 33.5 Å². The summed E-state index contributed by atoms with van der Waals surface area (Å²) in [7, 11) is 5.02. The molecule has 2 aliphatic rings. The lowest BCUT2D eigenvalue weighted by Gasteiger charge is -2.51. The van der Waals surface area contributed by atoms with Crippen LogP contribution in [-0.4, -0.2) is 104 Å². The van der Waals surface area contributed by atoms with Crippen molar-refractivity contribution in [3.05, 3.63) is 45.3 Å². The van der Waals surface area contributed by atoms with Crippen LogP contribution < -0.4 is 21.6 Å². The summed E-state index contributed by atoms with van der Waals surface area (Å²) in [6.07, 6.45) is 1.69. The number of nitrogen functional groups attached to an aromatic ring is 1. The number of aromatic nitrogens is 3. The number of pyridine rings is 1. The Kier molecular flexibility index (Phi) is 7.94. The van der Waals surface area contributed by atoms with E-state index in [-0.39, 0.29) is 28.1 Å². The van der Waals surface area contributed by atoms with E-state index < -0.39 is 34.6 Å². The number of nitrogens with one attached hydrogen (secondary N) is 2. The van der Waals surface area contributed by atoms with Gasteiger partial charge in [-0.2, -0.15) is 9.36 Å². The number of carboxylic acid groups (broad SMARTS) is 1. The zero-order valence-electron chi connectivity index (χ0n) is 21.2. The molecular formula is C22H26N8O7S2. The fourth-order valence-corrected chi connectivity index (χ4v) is 6.05. The fourth-order valence-electron chi connectivity index (χ4n) is 4.28. The molecule has 0 aliphatic carbocycles. The van der Waals surface area contributed by atoms with E-state index in [0.717, 1.165) is 16.4 Å². The molecule has 0 spiro atoms. The summed E-state index contributed by atoms with van der Waals surface area (Å²) in [5, 5.41) is 27.2. The molecule has 2 amide bonds. The zero-order chi connectivity index (χ0) is 28.5. The maximum absolute atomic E-state index is 13.0. The second kappa shape index (κ2) is 11.0. The molecule has 39 heavy (non-hydrogen) atoms. The Hall–Kier alpha value is -3.96. The standard InChI is InChI=1S/C22H26N8O7S2/c1-30(2,5-4-11-6-12(31)13(32)7-24-11)8-10-9-38-20-15(19(34)29(20)16(10)21(35)36)25-18(33)14(27-37-3)17-26-22(23)39-28-17/h6-7,15,20H,4-5,8-9H2,1-3H3,(H5-,23,24,25,26,27,28,31,32,33,35,36)/t15-,20-/m1/s1. The molecule has 2 aliphatic heterocycles. The number of aromatic hydroxyl groups is 1. The number of thioether (sulfide) groups is 1. The Balaban J connectivity index is 1.47. The van der Waals surface area contributed by atoms with Gasteiger partial charge in [0.1, 0.15) is 25.1 Å². The smallest absolute Gasteiger partial charge is 0.278 e. The molecule has 0 unspecified atom stereocenters. The summed E-state index contributed by atoms with van der Waals surface area (Å²) >= 11 is 2.18. The van der Waals surface area contributed by atoms with Gasteiger partial charge in [0, 0.05) is 47.2 Å². The molecule has 0 saturated carbocycles. The largest absolute Gasteiger partial charge is 0.543 e. The second-order valence-corrected chi connectivity index (χ2v) is 11.3. The number of oxime groups is 1. The first kappa shape index (κ1) is 28.1. The number of nitrogens with two attached hydrogens (primary N) is 1. The number of fused-ring (bicyclic) bond motifs is 1. The normalized spacial score (nSPS) is 19.4. The highest BCUT2D eigenvalue weighted by atomic mass is 32.2. The highest BCUT2D eigenvalue weighted by Crippen LogP contribution is 2.40. The van der Waals surface area contributed by atoms with Crippen LogP contribution in [0.4, 0.5) is 5.13 Å². The van der Waals surface area contributed by atoms with Crippen molar-refractivity contribution in [1.29, 1.82) is 0 Å². The second-order valence-electron chi connectivity index (χ2n) is 9.45. The van der Waals surface area contributed by atoms with E-state index in [1.54, 1.807) is 0 Å². The van der Waals surface area contributed by atoms with Gasteiger partial charge in [0.15, 0.2) is 10.9 Å². The summed E-state index contributed by atoms with van der Waals surface area (Å²) in [4.78, 5) is 62.4. The first-order chi connectivity index (χ1) is 18.4. The summed E-state index contributed by atoms with van der Waals surface area (Å²) in [6, 6.07) is 0.308. The summed E-state index contributed by atoms with van der Waals surface area (Å²) < 4.78 is 4.29. The van der Waals surface area contributed by atoms with E-state index in [4.69, 9.17) is 10.6 Å². The van der Waals surface area contributed by atoms with Crippen molar-refractivity contribution >= 4 is 51.9 Å². The van der Waals surface area contributed by atoms with Crippen LogP contribution in [0.25, 0.3) is 0 Å². The number of carboxylic acids is 1. The Morgan fingerprint density at radius 2 is 2.15 bits per heavy atom. The SMILES string of the molecule is CO/N=C(\C(=O)N[C@@H]1C(=O)N2C(C(=O)[O-])=C(C[N+](C)(C)CCc3cc(=O)c(O)c[nH]3)CS[C@H]12)c1nsc(N)n1. The van der Waals surface area contributed by atoms with Gasteiger partial charge < -0.3 is 40.4 Å². The van der Waals surface area contributed by atoms with Gasteiger partial charge in [-0.15, -0.1) is 11.8 Å². The first-order valence-corrected chi connectivity index (χ1v) is 13.4. The van der Waals surface area contributed by atoms with E-state index in [0.29, 0.717) is 41.0 Å². The highest BCUT2D eigenvalue weighted by Gasteiger charge is 2.53. The van der Waals surface area contributed by atoms with Crippen LogP contribution in [0, 0.1) is 0 Å². The van der Waals surface area contributed by atoms with Crippen LogP contribution in [0.5, 0.6) is 5.75 Å². The van der Waals surface area contributed by atoms with Gasteiger partial charge >= 0.3 is 0 Å². The van der Waals surface area contributed by atoms with Crippen LogP contribution in [0.2, 0.25) is 0 Å². The predicted octanol–water partition coefficient (Wildman–Crippen LogP) is -2.41. The van der Waals surface area contributed by atoms with Gasteiger partial charge in [-0.25, -0.2) is 0 Å². The molecule has 4 rings (SSSR count). The number of carbonyl (C=O) groups excluding carboxylic acids is 3. The molecule has 1 saturated heterocycles. The number of hydrogen-bond acceptors (Lipinski definition) is 13. The highest BCUT2D eigenvalue weighted by molar-refractivity contribution is 8.00. The Bertz CT molecular complexity index is 1430. The number of β-lactam (4-membered cyclic amide) rings is 1. The van der Waals surface area contributed by atoms with Gasteiger partial charge in [-0.1, -0.05) is 5.16 Å². The van der Waals surface area contributed by atoms with Crippen molar-refractivity contribution in [1.82, 2.24) is 24.6 Å². The zero-order valence-corrected chi connectivity index (χ0v) is 22.8. The Morgan fingerprint density at radius 3 is 2.77 bits per heavy atom. The number of aromatic amines is 1. The molecule has 208 valence electrons. The van der Waals surface area contributed by atoms with E-state index in [2.05, 4.69) is 24.8 Å². The summed E-state index contributed by atoms with van der Waals surface area (Å²) in [6.45, 7) is 0.829. The minimum Gasteiger partial charge on any atom is -0.543 e. The third-order valence-electron chi connectivity index (χ3n) is 6.14. The van der Waals surface area contributed by atoms with Gasteiger partial charge in [0.2, 0.25) is 17.0 Å². The van der Waals surface area contributed by atoms with Crippen molar-refractivity contribution in [2.45, 2.75) is 17.8 Å². The molecule has 17 heteroatoms. The van der Waals surface area contributed by atoms with Crippen LogP contribution in [0.1, 0.15) is 11.5 Å². The van der Waals surface area contributed by atoms with Crippen molar-refractivity contribution in [2.24, 2.45) is 5.16 Å². The van der Waals surface area contributed by atoms with Gasteiger partial charge in [0.05, 0.1) is 32.3 Å². The van der Waals surface area contributed by atoms with Crippen molar-refractivity contribution in [3.8, 4) is 5.75 Å². The quantitative estimate of drug-likeness (QED) is 0.101. The van der Waals surface area contributed by atoms with Crippen molar-refractivity contribution in [2.75, 3.05) is 45.8 Å². The maximum Gasteiger partial charge on any atom is 0.278 e. The van der Waals surface area contributed by atoms with E-state index in [1.165, 1.54) is 31.1 Å². The molecule has 2 atom stereocenters. The monoisotopic (exact) mass is 578 g/mol. The number of nitrogens with zero attached hydrogens (tertiary/aromatic N) is 5. The average molecular weight is 579 g/mol. The van der Waals surface area contributed by atoms with E-state index in [1.807, 2.05) is 14.1 Å². The molecule has 0 bridgehead atoms. The molecule has 15 nitrogen and oxygen atoms in total. The molecule has 1 fully saturated rings. The van der Waals surface area contributed by atoms with Crippen molar-refractivity contribution in [3.63, 3.8) is 0 Å². The predicted molar refractivity (Wildman–Crippen MR) is 139 cm³/mol. The molecular weight excluding hydrogens is 552 g/mol. The van der Waals surface area contributed by atoms with E-state index >= 15 is 0 Å². The first-order valence-electron chi connectivity index (χ1n) is 11.5. The average Bonchev–Trinajstić information content (AvgIpc) is 3.31. The summed E-state index contributed by atoms with van der Waals surface area (Å²) in [5.41, 5.74) is 5.75. The number of quaternary nitrogens is 1. The lowest BCUT2D eigenvalue weighted by atomic mass is 10.0. The van der Waals surface area contributed by atoms with Crippen LogP contribution in [-0.2, 0) is 25.6 Å². The maximum atomic E-state index is 13.0. The fraction of sp³-hybridized carbons (Fsp3) is 0.409. The molecule has 0 radical (unpaired) electrons. The molecule has 4 heterocycles. The lowest BCUT2D eigenvalue weighted by molar-refractivity contribution is -0.885. The lowest BCUT2D eigenvalue weighted by Crippen LogP contribution is -2.71. The number of likely N-dealkylation sites (N-methyl/N-ethyl adjacent to an activating group) is 1. The third-order valence-corrected chi connectivity index (χ3v) is 8.02. The number of amides is 2. The molecule has 5 N–H and O–H groups in total. The topological polar surface area (TPSA) is 216 Å². The van der Waals surface area contributed by atoms with Gasteiger partial charge in [-0.3, -0.25) is 19.3 Å². The number of aliphatic carboxylic acids is 1. The van der Waals surface area contributed by atoms with Crippen LogP contribution in [0.3, 0.4) is 0 Å².